The highest BCUT2D eigenvalue weighted by Crippen LogP contribution is 2.27. The van der Waals surface area contributed by atoms with Crippen LogP contribution in [0, 0.1) is 0 Å². The Morgan fingerprint density at radius 1 is 1.42 bits per heavy atom. The highest BCUT2D eigenvalue weighted by Gasteiger charge is 2.31. The minimum Gasteiger partial charge on any atom is -0.383 e. The van der Waals surface area contributed by atoms with Crippen molar-refractivity contribution in [2.24, 2.45) is 0 Å². The van der Waals surface area contributed by atoms with Gasteiger partial charge in [-0.3, -0.25) is 9.59 Å². The summed E-state index contributed by atoms with van der Waals surface area (Å²) in [5.41, 5.74) is -1.65. The Bertz CT molecular complexity index is 497. The molecule has 8 heteroatoms. The summed E-state index contributed by atoms with van der Waals surface area (Å²) in [4.78, 5) is 22.7. The van der Waals surface area contributed by atoms with Gasteiger partial charge >= 0.3 is 6.18 Å². The lowest BCUT2D eigenvalue weighted by atomic mass is 10.3. The highest BCUT2D eigenvalue weighted by molar-refractivity contribution is 5.75. The Hall–Kier alpha value is -1.83. The van der Waals surface area contributed by atoms with E-state index in [0.717, 1.165) is 6.07 Å². The van der Waals surface area contributed by atoms with E-state index >= 15 is 0 Å². The van der Waals surface area contributed by atoms with Gasteiger partial charge in [-0.2, -0.15) is 13.2 Å². The van der Waals surface area contributed by atoms with Gasteiger partial charge in [0.25, 0.3) is 5.56 Å². The molecular weight excluding hydrogens is 265 g/mol. The minimum absolute atomic E-state index is 0.225. The van der Waals surface area contributed by atoms with Crippen molar-refractivity contribution < 1.29 is 22.7 Å². The van der Waals surface area contributed by atoms with Crippen LogP contribution in [0.15, 0.2) is 23.1 Å². The van der Waals surface area contributed by atoms with Crippen LogP contribution in [0.2, 0.25) is 0 Å². The molecule has 0 aromatic carbocycles. The molecule has 1 N–H and O–H groups in total. The quantitative estimate of drug-likeness (QED) is 0.804. The standard InChI is InChI=1S/C11H13F3N2O3/c1-19-5-4-15-9(17)7-16-6-8(11(12,13)14)2-3-10(16)18/h2-3,6H,4-5,7H2,1H3,(H,15,17). The van der Waals surface area contributed by atoms with Gasteiger partial charge in [0.1, 0.15) is 6.54 Å². The van der Waals surface area contributed by atoms with Gasteiger partial charge in [-0.25, -0.2) is 0 Å². The predicted octanol–water partition coefficient (Wildman–Crippen LogP) is 0.630. The Balaban J connectivity index is 2.78. The van der Waals surface area contributed by atoms with Crippen molar-refractivity contribution in [2.75, 3.05) is 20.3 Å². The third-order valence-corrected chi connectivity index (χ3v) is 2.25. The smallest absolute Gasteiger partial charge is 0.383 e. The van der Waals surface area contributed by atoms with E-state index in [0.29, 0.717) is 16.8 Å². The third-order valence-electron chi connectivity index (χ3n) is 2.25. The van der Waals surface area contributed by atoms with Crippen LogP contribution in [0.1, 0.15) is 5.56 Å². The van der Waals surface area contributed by atoms with E-state index in [2.05, 4.69) is 5.32 Å². The molecule has 1 aromatic rings. The molecule has 1 amide bonds. The molecule has 0 spiro atoms. The molecule has 0 bridgehead atoms. The van der Waals surface area contributed by atoms with Crippen LogP contribution in [0.3, 0.4) is 0 Å². The number of hydrogen-bond donors (Lipinski definition) is 1. The molecule has 0 radical (unpaired) electrons. The van der Waals surface area contributed by atoms with Crippen LogP contribution >= 0.6 is 0 Å². The lowest BCUT2D eigenvalue weighted by Gasteiger charge is -2.10. The fourth-order valence-electron chi connectivity index (χ4n) is 1.33. The van der Waals surface area contributed by atoms with Gasteiger partial charge < -0.3 is 14.6 Å². The molecule has 0 atom stereocenters. The van der Waals surface area contributed by atoms with Gasteiger partial charge in [0.15, 0.2) is 0 Å². The van der Waals surface area contributed by atoms with E-state index in [1.165, 1.54) is 7.11 Å². The molecule has 0 unspecified atom stereocenters. The van der Waals surface area contributed by atoms with Crippen LogP contribution in [0.5, 0.6) is 0 Å². The zero-order valence-electron chi connectivity index (χ0n) is 10.2. The van der Waals surface area contributed by atoms with Crippen molar-refractivity contribution in [1.82, 2.24) is 9.88 Å². The second-order valence-electron chi connectivity index (χ2n) is 3.72. The Morgan fingerprint density at radius 2 is 2.11 bits per heavy atom. The van der Waals surface area contributed by atoms with E-state index in [1.54, 1.807) is 0 Å². The van der Waals surface area contributed by atoms with Gasteiger partial charge in [0, 0.05) is 25.9 Å². The third kappa shape index (κ3) is 4.74. The summed E-state index contributed by atoms with van der Waals surface area (Å²) in [6, 6.07) is 1.47. The number of nitrogens with one attached hydrogen (secondary N) is 1. The van der Waals surface area contributed by atoms with Crippen molar-refractivity contribution in [3.05, 3.63) is 34.2 Å². The number of nitrogens with zero attached hydrogens (tertiary/aromatic N) is 1. The minimum atomic E-state index is -4.55. The van der Waals surface area contributed by atoms with E-state index in [4.69, 9.17) is 4.74 Å². The summed E-state index contributed by atoms with van der Waals surface area (Å²) >= 11 is 0. The van der Waals surface area contributed by atoms with Gasteiger partial charge in [-0.05, 0) is 6.07 Å². The molecule has 0 aliphatic heterocycles. The number of carbonyl (C=O) groups is 1. The summed E-state index contributed by atoms with van der Waals surface area (Å²) < 4.78 is 42.8. The molecule has 106 valence electrons. The van der Waals surface area contributed by atoms with Crippen molar-refractivity contribution in [3.63, 3.8) is 0 Å². The van der Waals surface area contributed by atoms with E-state index in [1.807, 2.05) is 0 Å². The number of rotatable bonds is 5. The zero-order chi connectivity index (χ0) is 14.5. The van der Waals surface area contributed by atoms with Gasteiger partial charge in [0.2, 0.25) is 5.91 Å². The van der Waals surface area contributed by atoms with Crippen molar-refractivity contribution >= 4 is 5.91 Å². The highest BCUT2D eigenvalue weighted by atomic mass is 19.4. The summed E-state index contributed by atoms with van der Waals surface area (Å²) in [5.74, 6) is -0.557. The average Bonchev–Trinajstić information content (AvgIpc) is 2.31. The number of methoxy groups -OCH3 is 1. The maximum atomic E-state index is 12.5. The molecule has 1 heterocycles. The normalized spacial score (nSPS) is 11.4. The van der Waals surface area contributed by atoms with Crippen molar-refractivity contribution in [3.8, 4) is 0 Å². The molecule has 5 nitrogen and oxygen atoms in total. The lowest BCUT2D eigenvalue weighted by molar-refractivity contribution is -0.138. The van der Waals surface area contributed by atoms with Gasteiger partial charge in [-0.1, -0.05) is 0 Å². The van der Waals surface area contributed by atoms with E-state index in [-0.39, 0.29) is 13.2 Å². The predicted molar refractivity (Wildman–Crippen MR) is 60.6 cm³/mol. The number of halogens is 3. The number of alkyl halides is 3. The molecule has 1 rings (SSSR count). The lowest BCUT2D eigenvalue weighted by Crippen LogP contribution is -2.34. The first-order chi connectivity index (χ1) is 8.84. The zero-order valence-corrected chi connectivity index (χ0v) is 10.2. The summed E-state index contributed by atoms with van der Waals surface area (Å²) in [6.45, 7) is 0.0404. The van der Waals surface area contributed by atoms with Crippen LogP contribution in [0.4, 0.5) is 13.2 Å². The topological polar surface area (TPSA) is 60.3 Å². The van der Waals surface area contributed by atoms with Crippen LogP contribution < -0.4 is 10.9 Å². The number of carbonyl (C=O) groups excluding carboxylic acids is 1. The first kappa shape index (κ1) is 15.2. The first-order valence-corrected chi connectivity index (χ1v) is 5.38. The second-order valence-corrected chi connectivity index (χ2v) is 3.72. The largest absolute Gasteiger partial charge is 0.417 e. The number of aromatic nitrogens is 1. The molecule has 0 fully saturated rings. The summed E-state index contributed by atoms with van der Waals surface area (Å²) in [7, 11) is 1.45. The fraction of sp³-hybridized carbons (Fsp3) is 0.455. The van der Waals surface area contributed by atoms with Crippen LogP contribution in [0.25, 0.3) is 0 Å². The van der Waals surface area contributed by atoms with E-state index in [9.17, 15) is 22.8 Å². The van der Waals surface area contributed by atoms with Gasteiger partial charge in [0.05, 0.1) is 12.2 Å². The SMILES string of the molecule is COCCNC(=O)Cn1cc(C(F)(F)F)ccc1=O. The monoisotopic (exact) mass is 278 g/mol. The number of ether oxygens (including phenoxy) is 1. The second kappa shape index (κ2) is 6.37. The maximum Gasteiger partial charge on any atom is 0.417 e. The molecule has 1 aromatic heterocycles. The van der Waals surface area contributed by atoms with Crippen LogP contribution in [-0.2, 0) is 22.3 Å². The Labute approximate surface area is 107 Å². The number of pyridine rings is 1. The number of hydrogen-bond acceptors (Lipinski definition) is 3. The Morgan fingerprint density at radius 3 is 2.68 bits per heavy atom. The number of amides is 1. The molecule has 19 heavy (non-hydrogen) atoms. The summed E-state index contributed by atoms with van der Waals surface area (Å²) in [6.07, 6.45) is -3.93. The fourth-order valence-corrected chi connectivity index (χ4v) is 1.33. The van der Waals surface area contributed by atoms with Crippen LogP contribution in [-0.4, -0.2) is 30.7 Å². The van der Waals surface area contributed by atoms with Crippen molar-refractivity contribution in [1.29, 1.82) is 0 Å². The van der Waals surface area contributed by atoms with E-state index < -0.39 is 29.8 Å². The first-order valence-electron chi connectivity index (χ1n) is 5.38. The summed E-state index contributed by atoms with van der Waals surface area (Å²) in [5, 5.41) is 2.41. The maximum absolute atomic E-state index is 12.5. The Kier molecular flexibility index (Phi) is 5.11. The molecule has 0 saturated carbocycles. The average molecular weight is 278 g/mol. The molecule has 0 aliphatic carbocycles. The molecular formula is C11H13F3N2O3. The van der Waals surface area contributed by atoms with Crippen molar-refractivity contribution in [2.45, 2.75) is 12.7 Å². The van der Waals surface area contributed by atoms with Gasteiger partial charge in [-0.15, -0.1) is 0 Å². The molecule has 0 saturated heterocycles. The molecule has 0 aliphatic rings.